The van der Waals surface area contributed by atoms with Crippen LogP contribution in [-0.2, 0) is 18.9 Å². The van der Waals surface area contributed by atoms with Crippen molar-refractivity contribution >= 4 is 0 Å². The molecule has 0 aromatic heterocycles. The van der Waals surface area contributed by atoms with E-state index < -0.39 is 86.1 Å². The van der Waals surface area contributed by atoms with E-state index in [2.05, 4.69) is 0 Å². The predicted molar refractivity (Wildman–Crippen MR) is 108 cm³/mol. The van der Waals surface area contributed by atoms with Crippen molar-refractivity contribution in [1.29, 1.82) is 0 Å². The maximum atomic E-state index is 11.0. The van der Waals surface area contributed by atoms with Crippen LogP contribution in [0.15, 0.2) is 0 Å². The molecule has 2 aliphatic heterocycles. The van der Waals surface area contributed by atoms with Gasteiger partial charge in [0, 0.05) is 6.54 Å². The summed E-state index contributed by atoms with van der Waals surface area (Å²) in [5.41, 5.74) is 29.7. The Bertz CT molecular complexity index is 607. The van der Waals surface area contributed by atoms with Crippen LogP contribution >= 0.6 is 0 Å². The second-order valence-electron chi connectivity index (χ2n) is 8.72. The van der Waals surface area contributed by atoms with E-state index in [1.165, 1.54) is 0 Å². The zero-order valence-electron chi connectivity index (χ0n) is 17.7. The molecule has 0 spiro atoms. The van der Waals surface area contributed by atoms with Gasteiger partial charge >= 0.3 is 0 Å². The van der Waals surface area contributed by atoms with Gasteiger partial charge in [0.2, 0.25) is 0 Å². The van der Waals surface area contributed by atoms with Gasteiger partial charge < -0.3 is 73.1 Å². The fraction of sp³-hybridized carbons (Fsp3) is 1.00. The fourth-order valence-corrected chi connectivity index (χ4v) is 4.35. The first-order valence-corrected chi connectivity index (χ1v) is 10.8. The number of aliphatic hydroxyl groups is 5. The number of nitrogens with two attached hydrogens (primary N) is 5. The van der Waals surface area contributed by atoms with Crippen molar-refractivity contribution in [3.8, 4) is 0 Å². The lowest BCUT2D eigenvalue weighted by molar-refractivity contribution is -0.318. The van der Waals surface area contributed by atoms with E-state index in [-0.39, 0.29) is 12.6 Å². The maximum Gasteiger partial charge on any atom is 0.186 e. The SMILES string of the molecule is NCC1CCC(N)[C@@H](OC2C(O)[C@@H](O[C@H]3OC(CO)[C@@H](O)C(N)C3O)C(N)C(O)[C@@H]2N)O1. The Morgan fingerprint density at radius 2 is 1.31 bits per heavy atom. The van der Waals surface area contributed by atoms with Gasteiger partial charge in [0.1, 0.15) is 36.6 Å². The molecule has 1 aliphatic carbocycles. The van der Waals surface area contributed by atoms with Crippen LogP contribution in [0.3, 0.4) is 0 Å². The van der Waals surface area contributed by atoms with Gasteiger partial charge in [-0.1, -0.05) is 0 Å². The minimum absolute atomic E-state index is 0.264. The molecule has 14 atom stereocenters. The predicted octanol–water partition coefficient (Wildman–Crippen LogP) is -6.30. The Morgan fingerprint density at radius 1 is 0.719 bits per heavy atom. The Balaban J connectivity index is 1.74. The van der Waals surface area contributed by atoms with Gasteiger partial charge in [-0.05, 0) is 12.8 Å². The second-order valence-corrected chi connectivity index (χ2v) is 8.72. The molecular formula is C18H37N5O9. The van der Waals surface area contributed by atoms with Crippen LogP contribution < -0.4 is 28.7 Å². The molecule has 32 heavy (non-hydrogen) atoms. The standard InChI is InChI=1S/C18H37N5O9/c19-3-5-1-2-6(20)17(29-5)31-15-9(22)12(26)10(23)16(14(15)28)32-18-13(27)8(21)11(25)7(4-24)30-18/h5-18,24-28H,1-4,19-23H2/t5?,6?,7?,8?,9-,10?,11+,12?,13?,14?,15?,16-,17+,18+/m0/s1. The summed E-state index contributed by atoms with van der Waals surface area (Å²) in [5, 5.41) is 51.3. The zero-order chi connectivity index (χ0) is 23.7. The molecule has 3 rings (SSSR count). The third-order valence-corrected chi connectivity index (χ3v) is 6.50. The van der Waals surface area contributed by atoms with Crippen molar-refractivity contribution in [2.24, 2.45) is 28.7 Å². The number of rotatable bonds is 6. The van der Waals surface area contributed by atoms with E-state index in [1.54, 1.807) is 0 Å². The molecule has 14 heteroatoms. The van der Waals surface area contributed by atoms with Crippen molar-refractivity contribution < 1.29 is 44.5 Å². The molecule has 2 heterocycles. The third-order valence-electron chi connectivity index (χ3n) is 6.50. The lowest BCUT2D eigenvalue weighted by Crippen LogP contribution is -2.72. The van der Waals surface area contributed by atoms with Crippen LogP contribution in [0.2, 0.25) is 0 Å². The van der Waals surface area contributed by atoms with Crippen molar-refractivity contribution in [2.45, 2.75) is 98.4 Å². The highest BCUT2D eigenvalue weighted by atomic mass is 16.7. The minimum Gasteiger partial charge on any atom is -0.394 e. The second kappa shape index (κ2) is 10.8. The number of aliphatic hydroxyl groups excluding tert-OH is 5. The normalized spacial score (nSPS) is 52.7. The summed E-state index contributed by atoms with van der Waals surface area (Å²) in [7, 11) is 0. The lowest BCUT2D eigenvalue weighted by atomic mass is 9.82. The van der Waals surface area contributed by atoms with Crippen LogP contribution in [0.25, 0.3) is 0 Å². The van der Waals surface area contributed by atoms with Gasteiger partial charge in [0.25, 0.3) is 0 Å². The first kappa shape index (κ1) is 26.1. The molecule has 9 unspecified atom stereocenters. The van der Waals surface area contributed by atoms with Crippen LogP contribution in [0.4, 0.5) is 0 Å². The molecule has 0 amide bonds. The first-order chi connectivity index (χ1) is 15.1. The highest BCUT2D eigenvalue weighted by Gasteiger charge is 2.53. The molecule has 0 aromatic rings. The van der Waals surface area contributed by atoms with Crippen molar-refractivity contribution in [3.63, 3.8) is 0 Å². The molecule has 15 N–H and O–H groups in total. The lowest BCUT2D eigenvalue weighted by Gasteiger charge is -2.49. The molecule has 0 bridgehead atoms. The van der Waals surface area contributed by atoms with E-state index in [4.69, 9.17) is 47.6 Å². The van der Waals surface area contributed by atoms with E-state index in [1.807, 2.05) is 0 Å². The number of hydrogen-bond donors (Lipinski definition) is 10. The Morgan fingerprint density at radius 3 is 1.88 bits per heavy atom. The summed E-state index contributed by atoms with van der Waals surface area (Å²) in [6.07, 6.45) is -10.7. The van der Waals surface area contributed by atoms with E-state index >= 15 is 0 Å². The Hall–Kier alpha value is -0.560. The minimum atomic E-state index is -1.50. The van der Waals surface area contributed by atoms with Crippen LogP contribution in [-0.4, -0.2) is 124 Å². The van der Waals surface area contributed by atoms with E-state index in [0.29, 0.717) is 12.8 Å². The quantitative estimate of drug-likeness (QED) is 0.174. The Kier molecular flexibility index (Phi) is 8.79. The monoisotopic (exact) mass is 467 g/mol. The van der Waals surface area contributed by atoms with Crippen LogP contribution in [0, 0.1) is 0 Å². The number of hydrogen-bond acceptors (Lipinski definition) is 14. The average Bonchev–Trinajstić information content (AvgIpc) is 2.79. The summed E-state index contributed by atoms with van der Waals surface area (Å²) in [5.74, 6) is 0. The highest BCUT2D eigenvalue weighted by Crippen LogP contribution is 2.30. The van der Waals surface area contributed by atoms with E-state index in [0.717, 1.165) is 0 Å². The summed E-state index contributed by atoms with van der Waals surface area (Å²) in [4.78, 5) is 0. The molecule has 3 fully saturated rings. The van der Waals surface area contributed by atoms with Crippen molar-refractivity contribution in [3.05, 3.63) is 0 Å². The summed E-state index contributed by atoms with van der Waals surface area (Å²) in [6.45, 7) is -0.320. The average molecular weight is 468 g/mol. The molecule has 14 nitrogen and oxygen atoms in total. The first-order valence-electron chi connectivity index (χ1n) is 10.8. The molecule has 188 valence electrons. The summed E-state index contributed by atoms with van der Waals surface area (Å²) >= 11 is 0. The van der Waals surface area contributed by atoms with Gasteiger partial charge in [0.15, 0.2) is 12.6 Å². The summed E-state index contributed by atoms with van der Waals surface area (Å²) < 4.78 is 22.7. The van der Waals surface area contributed by atoms with Crippen LogP contribution in [0.1, 0.15) is 12.8 Å². The van der Waals surface area contributed by atoms with Gasteiger partial charge in [0.05, 0.1) is 43.0 Å². The zero-order valence-corrected chi connectivity index (χ0v) is 17.7. The van der Waals surface area contributed by atoms with Gasteiger partial charge in [-0.3, -0.25) is 0 Å². The third kappa shape index (κ3) is 5.08. The van der Waals surface area contributed by atoms with Gasteiger partial charge in [-0.25, -0.2) is 0 Å². The highest BCUT2D eigenvalue weighted by molar-refractivity contribution is 5.05. The molecular weight excluding hydrogens is 430 g/mol. The van der Waals surface area contributed by atoms with Gasteiger partial charge in [-0.15, -0.1) is 0 Å². The Labute approximate surface area is 185 Å². The van der Waals surface area contributed by atoms with Crippen molar-refractivity contribution in [2.75, 3.05) is 13.2 Å². The van der Waals surface area contributed by atoms with E-state index in [9.17, 15) is 25.5 Å². The largest absolute Gasteiger partial charge is 0.394 e. The maximum absolute atomic E-state index is 11.0. The smallest absolute Gasteiger partial charge is 0.186 e. The number of ether oxygens (including phenoxy) is 4. The van der Waals surface area contributed by atoms with Gasteiger partial charge in [-0.2, -0.15) is 0 Å². The molecule has 0 radical (unpaired) electrons. The molecule has 0 aromatic carbocycles. The van der Waals surface area contributed by atoms with Crippen molar-refractivity contribution in [1.82, 2.24) is 0 Å². The molecule has 2 saturated heterocycles. The fourth-order valence-electron chi connectivity index (χ4n) is 4.35. The van der Waals surface area contributed by atoms with Crippen LogP contribution in [0.5, 0.6) is 0 Å². The summed E-state index contributed by atoms with van der Waals surface area (Å²) in [6, 6.07) is -3.97. The topological polar surface area (TPSA) is 268 Å². The molecule has 1 saturated carbocycles. The molecule has 3 aliphatic rings.